The zero-order chi connectivity index (χ0) is 15.0. The highest BCUT2D eigenvalue weighted by atomic mass is 35.5. The summed E-state index contributed by atoms with van der Waals surface area (Å²) >= 11 is 11.9. The van der Waals surface area contributed by atoms with Gasteiger partial charge in [-0.25, -0.2) is 0 Å². The molecule has 0 amide bonds. The molecule has 1 aliphatic carbocycles. The molecule has 1 aromatic carbocycles. The Morgan fingerprint density at radius 3 is 2.95 bits per heavy atom. The van der Waals surface area contributed by atoms with Crippen LogP contribution in [0.15, 0.2) is 18.3 Å². The highest BCUT2D eigenvalue weighted by molar-refractivity contribution is 6.35. The van der Waals surface area contributed by atoms with E-state index in [0.29, 0.717) is 17.1 Å². The number of benzene rings is 1. The van der Waals surface area contributed by atoms with Gasteiger partial charge in [-0.15, -0.1) is 12.4 Å². The third-order valence-corrected chi connectivity index (χ3v) is 4.53. The normalized spacial score (nSPS) is 17.0. The zero-order valence-corrected chi connectivity index (χ0v) is 14.5. The van der Waals surface area contributed by atoms with Crippen molar-refractivity contribution in [3.63, 3.8) is 0 Å². The van der Waals surface area contributed by atoms with Crippen molar-refractivity contribution in [1.29, 1.82) is 0 Å². The maximum Gasteiger partial charge on any atom is 0.138 e. The molecule has 120 valence electrons. The lowest BCUT2D eigenvalue weighted by atomic mass is 9.93. The predicted molar refractivity (Wildman–Crippen MR) is 91.1 cm³/mol. The SMILES string of the molecule is Cl.Cn1ncc2c1CCCC2NCc1cc(Cl)cc(Cl)c1O. The molecule has 1 aliphatic rings. The number of hydrogen-bond acceptors (Lipinski definition) is 3. The number of phenols is 1. The topological polar surface area (TPSA) is 50.1 Å². The molecule has 0 saturated carbocycles. The van der Waals surface area contributed by atoms with Crippen molar-refractivity contribution >= 4 is 35.6 Å². The number of rotatable bonds is 3. The summed E-state index contributed by atoms with van der Waals surface area (Å²) in [5, 5.41) is 18.6. The third kappa shape index (κ3) is 3.35. The number of nitrogens with one attached hydrogen (secondary N) is 1. The van der Waals surface area contributed by atoms with Crippen LogP contribution in [0.5, 0.6) is 5.75 Å². The average molecular weight is 363 g/mol. The Morgan fingerprint density at radius 2 is 2.18 bits per heavy atom. The molecule has 2 aromatic rings. The number of halogens is 3. The van der Waals surface area contributed by atoms with Gasteiger partial charge in [0.25, 0.3) is 0 Å². The molecule has 1 unspecified atom stereocenters. The Kier molecular flexibility index (Phi) is 5.61. The summed E-state index contributed by atoms with van der Waals surface area (Å²) in [6, 6.07) is 3.53. The molecule has 0 radical (unpaired) electrons. The van der Waals surface area contributed by atoms with E-state index < -0.39 is 0 Å². The number of phenolic OH excluding ortho intramolecular Hbond substituents is 1. The summed E-state index contributed by atoms with van der Waals surface area (Å²) in [6.45, 7) is 0.519. The molecular weight excluding hydrogens is 345 g/mol. The molecule has 2 N–H and O–H groups in total. The Hall–Kier alpha value is -0.940. The van der Waals surface area contributed by atoms with Gasteiger partial charge >= 0.3 is 0 Å². The molecule has 3 rings (SSSR count). The maximum atomic E-state index is 10.0. The van der Waals surface area contributed by atoms with E-state index in [9.17, 15) is 5.11 Å². The largest absolute Gasteiger partial charge is 0.506 e. The van der Waals surface area contributed by atoms with Crippen LogP contribution in [0.25, 0.3) is 0 Å². The van der Waals surface area contributed by atoms with Gasteiger partial charge in [0.2, 0.25) is 0 Å². The van der Waals surface area contributed by atoms with Gasteiger partial charge in [0.15, 0.2) is 0 Å². The van der Waals surface area contributed by atoms with Crippen molar-refractivity contribution in [3.8, 4) is 5.75 Å². The number of aryl methyl sites for hydroxylation is 1. The number of aromatic hydroxyl groups is 1. The standard InChI is InChI=1S/C15H17Cl2N3O.ClH/c1-20-14-4-2-3-13(11(14)8-19-20)18-7-9-5-10(16)6-12(17)15(9)21;/h5-6,8,13,18,21H,2-4,7H2,1H3;1H. The molecule has 0 bridgehead atoms. The van der Waals surface area contributed by atoms with Gasteiger partial charge in [-0.2, -0.15) is 5.10 Å². The van der Waals surface area contributed by atoms with E-state index in [1.165, 1.54) is 11.3 Å². The van der Waals surface area contributed by atoms with Gasteiger partial charge in [-0.05, 0) is 31.4 Å². The van der Waals surface area contributed by atoms with Crippen molar-refractivity contribution in [3.05, 3.63) is 45.2 Å². The molecule has 7 heteroatoms. The zero-order valence-electron chi connectivity index (χ0n) is 12.1. The second-order valence-corrected chi connectivity index (χ2v) is 6.23. The molecule has 1 heterocycles. The van der Waals surface area contributed by atoms with Crippen LogP contribution in [0.1, 0.15) is 35.7 Å². The minimum atomic E-state index is 0. The van der Waals surface area contributed by atoms with Crippen LogP contribution in [0.3, 0.4) is 0 Å². The molecule has 0 aliphatic heterocycles. The lowest BCUT2D eigenvalue weighted by Crippen LogP contribution is -2.25. The lowest BCUT2D eigenvalue weighted by molar-refractivity contribution is 0.434. The Balaban J connectivity index is 0.00000176. The van der Waals surface area contributed by atoms with Crippen molar-refractivity contribution in [2.75, 3.05) is 0 Å². The number of fused-ring (bicyclic) bond motifs is 1. The number of aromatic nitrogens is 2. The van der Waals surface area contributed by atoms with Crippen LogP contribution in [0.4, 0.5) is 0 Å². The van der Waals surface area contributed by atoms with Crippen LogP contribution in [0, 0.1) is 0 Å². The molecule has 0 fully saturated rings. The highest BCUT2D eigenvalue weighted by Gasteiger charge is 2.23. The predicted octanol–water partition coefficient (Wildman–Crippen LogP) is 4.02. The Morgan fingerprint density at radius 1 is 1.41 bits per heavy atom. The lowest BCUT2D eigenvalue weighted by Gasteiger charge is -2.24. The van der Waals surface area contributed by atoms with Gasteiger partial charge in [0.1, 0.15) is 5.75 Å². The van der Waals surface area contributed by atoms with E-state index in [0.717, 1.165) is 19.3 Å². The number of hydrogen-bond donors (Lipinski definition) is 2. The van der Waals surface area contributed by atoms with Crippen LogP contribution in [-0.4, -0.2) is 14.9 Å². The van der Waals surface area contributed by atoms with Gasteiger partial charge in [0.05, 0.1) is 11.2 Å². The maximum absolute atomic E-state index is 10.0. The van der Waals surface area contributed by atoms with E-state index in [1.54, 1.807) is 12.1 Å². The molecule has 4 nitrogen and oxygen atoms in total. The summed E-state index contributed by atoms with van der Waals surface area (Å²) < 4.78 is 1.94. The molecular formula is C15H18Cl3N3O. The Labute approximate surface area is 145 Å². The molecule has 0 spiro atoms. The van der Waals surface area contributed by atoms with Crippen LogP contribution in [-0.2, 0) is 20.0 Å². The summed E-state index contributed by atoms with van der Waals surface area (Å²) in [7, 11) is 1.98. The first-order chi connectivity index (χ1) is 10.1. The summed E-state index contributed by atoms with van der Waals surface area (Å²) in [4.78, 5) is 0. The highest BCUT2D eigenvalue weighted by Crippen LogP contribution is 2.33. The monoisotopic (exact) mass is 361 g/mol. The van der Waals surface area contributed by atoms with Crippen molar-refractivity contribution in [1.82, 2.24) is 15.1 Å². The van der Waals surface area contributed by atoms with Gasteiger partial charge in [-0.3, -0.25) is 4.68 Å². The minimum Gasteiger partial charge on any atom is -0.506 e. The van der Waals surface area contributed by atoms with Crippen molar-refractivity contribution < 1.29 is 5.11 Å². The summed E-state index contributed by atoms with van der Waals surface area (Å²) in [6.07, 6.45) is 5.19. The first-order valence-corrected chi connectivity index (χ1v) is 7.73. The minimum absolute atomic E-state index is 0. The molecule has 0 saturated heterocycles. The van der Waals surface area contributed by atoms with E-state index >= 15 is 0 Å². The van der Waals surface area contributed by atoms with E-state index in [4.69, 9.17) is 23.2 Å². The first kappa shape index (κ1) is 17.4. The van der Waals surface area contributed by atoms with E-state index in [1.807, 2.05) is 17.9 Å². The summed E-state index contributed by atoms with van der Waals surface area (Å²) in [5.41, 5.74) is 3.24. The van der Waals surface area contributed by atoms with Gasteiger partial charge < -0.3 is 10.4 Å². The fourth-order valence-electron chi connectivity index (χ4n) is 2.91. The fourth-order valence-corrected chi connectivity index (χ4v) is 3.44. The van der Waals surface area contributed by atoms with Gasteiger partial charge in [0, 0.05) is 41.5 Å². The smallest absolute Gasteiger partial charge is 0.138 e. The molecule has 1 aromatic heterocycles. The van der Waals surface area contributed by atoms with Gasteiger partial charge in [-0.1, -0.05) is 23.2 Å². The van der Waals surface area contributed by atoms with Crippen molar-refractivity contribution in [2.45, 2.75) is 31.8 Å². The Bertz CT molecular complexity index is 672. The second-order valence-electron chi connectivity index (χ2n) is 5.39. The first-order valence-electron chi connectivity index (χ1n) is 6.97. The molecule has 22 heavy (non-hydrogen) atoms. The van der Waals surface area contributed by atoms with Crippen LogP contribution < -0.4 is 5.32 Å². The van der Waals surface area contributed by atoms with E-state index in [-0.39, 0.29) is 29.2 Å². The van der Waals surface area contributed by atoms with E-state index in [2.05, 4.69) is 10.4 Å². The number of nitrogens with zero attached hydrogens (tertiary/aromatic N) is 2. The third-order valence-electron chi connectivity index (χ3n) is 4.02. The second kappa shape index (κ2) is 7.09. The quantitative estimate of drug-likeness (QED) is 0.867. The average Bonchev–Trinajstić information content (AvgIpc) is 2.84. The van der Waals surface area contributed by atoms with Crippen LogP contribution in [0.2, 0.25) is 10.0 Å². The van der Waals surface area contributed by atoms with Crippen molar-refractivity contribution in [2.24, 2.45) is 7.05 Å². The molecule has 1 atom stereocenters. The fraction of sp³-hybridized carbons (Fsp3) is 0.400. The van der Waals surface area contributed by atoms with Crippen LogP contribution >= 0.6 is 35.6 Å². The summed E-state index contributed by atoms with van der Waals surface area (Å²) in [5.74, 6) is 0.0933.